The average molecular weight is 251 g/mol. The van der Waals surface area contributed by atoms with Gasteiger partial charge < -0.3 is 10.1 Å². The first-order valence-corrected chi connectivity index (χ1v) is 7.12. The number of hydrogen-bond donors (Lipinski definition) is 1. The van der Waals surface area contributed by atoms with Crippen LogP contribution >= 0.6 is 0 Å². The maximum absolute atomic E-state index is 5.81. The molecule has 1 fully saturated rings. The number of likely N-dealkylation sites (N-methyl/N-ethyl adjacent to an activating group) is 1. The zero-order chi connectivity index (χ0) is 12.8. The summed E-state index contributed by atoms with van der Waals surface area (Å²) in [6.45, 7) is 3.99. The first kappa shape index (κ1) is 13.6. The summed E-state index contributed by atoms with van der Waals surface area (Å²) < 4.78 is 7.80. The van der Waals surface area contributed by atoms with E-state index in [0.717, 1.165) is 26.0 Å². The molecular weight excluding hydrogens is 226 g/mol. The van der Waals surface area contributed by atoms with E-state index in [9.17, 15) is 0 Å². The van der Waals surface area contributed by atoms with Crippen LogP contribution in [-0.4, -0.2) is 35.6 Å². The van der Waals surface area contributed by atoms with Gasteiger partial charge in [-0.15, -0.1) is 0 Å². The lowest BCUT2D eigenvalue weighted by molar-refractivity contribution is 0.00569. The first-order valence-electron chi connectivity index (χ1n) is 7.12. The van der Waals surface area contributed by atoms with Gasteiger partial charge in [0.15, 0.2) is 0 Å². The molecule has 1 N–H and O–H groups in total. The second-order valence-corrected chi connectivity index (χ2v) is 5.12. The van der Waals surface area contributed by atoms with Crippen LogP contribution in [0.2, 0.25) is 0 Å². The number of ether oxygens (including phenoxy) is 1. The average Bonchev–Trinajstić information content (AvgIpc) is 2.87. The Balaban J connectivity index is 1.84. The highest BCUT2D eigenvalue weighted by Gasteiger charge is 2.19. The Morgan fingerprint density at radius 2 is 2.44 bits per heavy atom. The van der Waals surface area contributed by atoms with E-state index >= 15 is 0 Å². The van der Waals surface area contributed by atoms with Crippen molar-refractivity contribution in [3.8, 4) is 0 Å². The summed E-state index contributed by atoms with van der Waals surface area (Å²) in [6, 6.07) is 0.489. The minimum atomic E-state index is 0.442. The molecule has 1 aromatic rings. The number of aromatic nitrogens is 2. The van der Waals surface area contributed by atoms with Gasteiger partial charge in [0.2, 0.25) is 0 Å². The van der Waals surface area contributed by atoms with Crippen molar-refractivity contribution in [1.29, 1.82) is 0 Å². The molecule has 0 aromatic carbocycles. The second kappa shape index (κ2) is 6.90. The molecule has 2 atom stereocenters. The minimum Gasteiger partial charge on any atom is -0.378 e. The maximum atomic E-state index is 5.81. The van der Waals surface area contributed by atoms with E-state index < -0.39 is 0 Å². The van der Waals surface area contributed by atoms with E-state index in [2.05, 4.69) is 23.5 Å². The number of nitrogens with zero attached hydrogens (tertiary/aromatic N) is 2. The third-order valence-corrected chi connectivity index (χ3v) is 3.72. The van der Waals surface area contributed by atoms with E-state index in [1.54, 1.807) is 0 Å². The van der Waals surface area contributed by atoms with Crippen molar-refractivity contribution in [2.24, 2.45) is 0 Å². The van der Waals surface area contributed by atoms with Gasteiger partial charge in [-0.05, 0) is 51.6 Å². The van der Waals surface area contributed by atoms with Gasteiger partial charge in [0.25, 0.3) is 0 Å². The molecular formula is C14H25N3O. The summed E-state index contributed by atoms with van der Waals surface area (Å²) in [4.78, 5) is 0. The summed E-state index contributed by atoms with van der Waals surface area (Å²) in [7, 11) is 2.04. The Morgan fingerprint density at radius 1 is 1.56 bits per heavy atom. The molecule has 1 saturated heterocycles. The zero-order valence-corrected chi connectivity index (χ0v) is 11.6. The molecule has 18 heavy (non-hydrogen) atoms. The lowest BCUT2D eigenvalue weighted by Gasteiger charge is -2.26. The first-order chi connectivity index (χ1) is 8.81. The van der Waals surface area contributed by atoms with Gasteiger partial charge in [-0.25, -0.2) is 0 Å². The van der Waals surface area contributed by atoms with Crippen molar-refractivity contribution < 1.29 is 4.74 Å². The Bertz CT molecular complexity index is 345. The lowest BCUT2D eigenvalue weighted by Crippen LogP contribution is -2.34. The highest BCUT2D eigenvalue weighted by molar-refractivity contribution is 5.06. The molecule has 1 aromatic heterocycles. The molecule has 102 valence electrons. The molecule has 0 radical (unpaired) electrons. The van der Waals surface area contributed by atoms with Crippen molar-refractivity contribution in [2.45, 2.75) is 57.7 Å². The van der Waals surface area contributed by atoms with Crippen LogP contribution in [0.3, 0.4) is 0 Å². The molecule has 0 amide bonds. The van der Waals surface area contributed by atoms with Crippen LogP contribution in [0.1, 0.15) is 38.2 Å². The smallest absolute Gasteiger partial charge is 0.0590 e. The van der Waals surface area contributed by atoms with Crippen LogP contribution in [-0.2, 0) is 17.7 Å². The van der Waals surface area contributed by atoms with Gasteiger partial charge in [-0.2, -0.15) is 5.10 Å². The van der Waals surface area contributed by atoms with Gasteiger partial charge in [-0.3, -0.25) is 4.68 Å². The Morgan fingerprint density at radius 3 is 3.06 bits per heavy atom. The topological polar surface area (TPSA) is 39.1 Å². The summed E-state index contributed by atoms with van der Waals surface area (Å²) in [5.41, 5.74) is 1.31. The van der Waals surface area contributed by atoms with Gasteiger partial charge in [-0.1, -0.05) is 0 Å². The van der Waals surface area contributed by atoms with Crippen LogP contribution in [0.5, 0.6) is 0 Å². The van der Waals surface area contributed by atoms with E-state index in [0.29, 0.717) is 12.1 Å². The predicted molar refractivity (Wildman–Crippen MR) is 72.7 cm³/mol. The fourth-order valence-electron chi connectivity index (χ4n) is 2.58. The molecule has 0 saturated carbocycles. The SMILES string of the molecule is CCn1cc(CC(CC2CCCCO2)NC)cn1. The largest absolute Gasteiger partial charge is 0.378 e. The fourth-order valence-corrected chi connectivity index (χ4v) is 2.58. The lowest BCUT2D eigenvalue weighted by atomic mass is 9.98. The Kier molecular flexibility index (Phi) is 5.20. The minimum absolute atomic E-state index is 0.442. The molecule has 1 aliphatic heterocycles. The highest BCUT2D eigenvalue weighted by Crippen LogP contribution is 2.18. The number of rotatable bonds is 6. The Hall–Kier alpha value is -0.870. The van der Waals surface area contributed by atoms with Crippen LogP contribution < -0.4 is 5.32 Å². The van der Waals surface area contributed by atoms with Crippen LogP contribution in [0.15, 0.2) is 12.4 Å². The molecule has 2 rings (SSSR count). The standard InChI is InChI=1S/C14H25N3O/c1-3-17-11-12(10-16-17)8-13(15-2)9-14-6-4-5-7-18-14/h10-11,13-15H,3-9H2,1-2H3. The van der Waals surface area contributed by atoms with Crippen molar-refractivity contribution in [3.63, 3.8) is 0 Å². The second-order valence-electron chi connectivity index (χ2n) is 5.12. The molecule has 0 spiro atoms. The monoisotopic (exact) mass is 251 g/mol. The van der Waals surface area contributed by atoms with Crippen molar-refractivity contribution >= 4 is 0 Å². The summed E-state index contributed by atoms with van der Waals surface area (Å²) in [6.07, 6.45) is 10.5. The van der Waals surface area contributed by atoms with E-state index in [4.69, 9.17) is 4.74 Å². The molecule has 2 unspecified atom stereocenters. The summed E-state index contributed by atoms with van der Waals surface area (Å²) >= 11 is 0. The van der Waals surface area contributed by atoms with Crippen molar-refractivity contribution in [2.75, 3.05) is 13.7 Å². The molecule has 1 aliphatic rings. The molecule has 0 aliphatic carbocycles. The summed E-state index contributed by atoms with van der Waals surface area (Å²) in [5.74, 6) is 0. The molecule has 2 heterocycles. The third-order valence-electron chi connectivity index (χ3n) is 3.72. The third kappa shape index (κ3) is 3.82. The zero-order valence-electron chi connectivity index (χ0n) is 11.6. The number of nitrogens with one attached hydrogen (secondary N) is 1. The molecule has 0 bridgehead atoms. The normalized spacial score (nSPS) is 22.0. The number of hydrogen-bond acceptors (Lipinski definition) is 3. The quantitative estimate of drug-likeness (QED) is 0.840. The Labute approximate surface area is 110 Å². The summed E-state index contributed by atoms with van der Waals surface area (Å²) in [5, 5.41) is 7.73. The van der Waals surface area contributed by atoms with Crippen molar-refractivity contribution in [3.05, 3.63) is 18.0 Å². The van der Waals surface area contributed by atoms with E-state index in [1.165, 1.54) is 24.8 Å². The predicted octanol–water partition coefficient (Wildman–Crippen LogP) is 1.99. The van der Waals surface area contributed by atoms with E-state index in [1.807, 2.05) is 17.9 Å². The number of aryl methyl sites for hydroxylation is 1. The van der Waals surface area contributed by atoms with Crippen LogP contribution in [0.4, 0.5) is 0 Å². The molecule has 4 nitrogen and oxygen atoms in total. The highest BCUT2D eigenvalue weighted by atomic mass is 16.5. The van der Waals surface area contributed by atoms with Gasteiger partial charge in [0.05, 0.1) is 12.3 Å². The van der Waals surface area contributed by atoms with E-state index in [-0.39, 0.29) is 0 Å². The van der Waals surface area contributed by atoms with Gasteiger partial charge in [0, 0.05) is 25.4 Å². The van der Waals surface area contributed by atoms with Gasteiger partial charge in [0.1, 0.15) is 0 Å². The van der Waals surface area contributed by atoms with Crippen molar-refractivity contribution in [1.82, 2.24) is 15.1 Å². The van der Waals surface area contributed by atoms with Gasteiger partial charge >= 0.3 is 0 Å². The van der Waals surface area contributed by atoms with Crippen LogP contribution in [0, 0.1) is 0 Å². The fraction of sp³-hybridized carbons (Fsp3) is 0.786. The molecule has 4 heteroatoms. The van der Waals surface area contributed by atoms with Crippen LogP contribution in [0.25, 0.3) is 0 Å². The maximum Gasteiger partial charge on any atom is 0.0590 e.